The quantitative estimate of drug-likeness (QED) is 0.588. The minimum Gasteiger partial charge on any atom is -0.459 e. The predicted molar refractivity (Wildman–Crippen MR) is 100 cm³/mol. The van der Waals surface area contributed by atoms with Crippen molar-refractivity contribution in [1.29, 1.82) is 0 Å². The number of piperidine rings is 1. The van der Waals surface area contributed by atoms with Gasteiger partial charge in [-0.1, -0.05) is 36.9 Å². The normalized spacial score (nSPS) is 20.4. The van der Waals surface area contributed by atoms with Crippen molar-refractivity contribution in [2.45, 2.75) is 38.3 Å². The Morgan fingerprint density at radius 3 is 2.44 bits per heavy atom. The van der Waals surface area contributed by atoms with Crippen LogP contribution in [0.5, 0.6) is 0 Å². The van der Waals surface area contributed by atoms with Crippen molar-refractivity contribution in [1.82, 2.24) is 9.80 Å². The maximum atomic E-state index is 12.9. The highest BCUT2D eigenvalue weighted by Gasteiger charge is 2.39. The summed E-state index contributed by atoms with van der Waals surface area (Å²) in [6, 6.07) is 9.04. The van der Waals surface area contributed by atoms with E-state index in [-0.39, 0.29) is 30.3 Å². The Labute approximate surface area is 159 Å². The molecule has 1 aromatic rings. The topological polar surface area (TPSA) is 66.9 Å². The van der Waals surface area contributed by atoms with Crippen LogP contribution in [-0.2, 0) is 25.7 Å². The Morgan fingerprint density at radius 2 is 1.78 bits per heavy atom. The summed E-state index contributed by atoms with van der Waals surface area (Å²) in [5, 5.41) is 0. The molecule has 2 amide bonds. The molecule has 1 unspecified atom stereocenters. The fourth-order valence-electron chi connectivity index (χ4n) is 3.81. The fraction of sp³-hybridized carbons (Fsp3) is 0.476. The van der Waals surface area contributed by atoms with Gasteiger partial charge < -0.3 is 14.5 Å². The van der Waals surface area contributed by atoms with E-state index >= 15 is 0 Å². The van der Waals surface area contributed by atoms with E-state index in [0.29, 0.717) is 38.9 Å². The standard InChI is InChI=1S/C21H26N2O4/c1-2-19(24)22-13-10-17(11-14-22)20(25)23-12-6-9-18(23)21(26)27-15-16-7-4-3-5-8-16/h2-5,7-8,17-18H,1,6,9-15H2. The lowest BCUT2D eigenvalue weighted by molar-refractivity contribution is -0.156. The molecule has 6 heteroatoms. The van der Waals surface area contributed by atoms with Crippen LogP contribution in [0.2, 0.25) is 0 Å². The number of rotatable bonds is 5. The smallest absolute Gasteiger partial charge is 0.329 e. The van der Waals surface area contributed by atoms with E-state index in [1.165, 1.54) is 6.08 Å². The number of carbonyl (C=O) groups is 3. The molecular weight excluding hydrogens is 344 g/mol. The van der Waals surface area contributed by atoms with Gasteiger partial charge in [-0.25, -0.2) is 4.79 Å². The maximum absolute atomic E-state index is 12.9. The van der Waals surface area contributed by atoms with Gasteiger partial charge in [0.15, 0.2) is 0 Å². The molecule has 144 valence electrons. The molecule has 0 radical (unpaired) electrons. The molecule has 0 N–H and O–H groups in total. The highest BCUT2D eigenvalue weighted by molar-refractivity contribution is 5.88. The van der Waals surface area contributed by atoms with Gasteiger partial charge in [0, 0.05) is 25.6 Å². The number of nitrogens with zero attached hydrogens (tertiary/aromatic N) is 2. The van der Waals surface area contributed by atoms with Crippen LogP contribution in [0, 0.1) is 5.92 Å². The Morgan fingerprint density at radius 1 is 1.07 bits per heavy atom. The molecule has 2 saturated heterocycles. The van der Waals surface area contributed by atoms with Gasteiger partial charge in [0.2, 0.25) is 11.8 Å². The molecule has 1 aromatic carbocycles. The number of carbonyl (C=O) groups excluding carboxylic acids is 3. The maximum Gasteiger partial charge on any atom is 0.329 e. The predicted octanol–water partition coefficient (Wildman–Crippen LogP) is 2.15. The number of ether oxygens (including phenoxy) is 1. The first-order valence-corrected chi connectivity index (χ1v) is 9.52. The first-order chi connectivity index (χ1) is 13.1. The van der Waals surface area contributed by atoms with Gasteiger partial charge in [-0.3, -0.25) is 9.59 Å². The third-order valence-corrected chi connectivity index (χ3v) is 5.36. The van der Waals surface area contributed by atoms with Crippen LogP contribution in [0.4, 0.5) is 0 Å². The molecule has 2 aliphatic heterocycles. The zero-order chi connectivity index (χ0) is 19.2. The van der Waals surface area contributed by atoms with Crippen molar-refractivity contribution < 1.29 is 19.1 Å². The number of likely N-dealkylation sites (tertiary alicyclic amines) is 2. The van der Waals surface area contributed by atoms with Crippen LogP contribution in [0.3, 0.4) is 0 Å². The lowest BCUT2D eigenvalue weighted by atomic mass is 9.95. The zero-order valence-corrected chi connectivity index (χ0v) is 15.5. The highest BCUT2D eigenvalue weighted by atomic mass is 16.5. The first-order valence-electron chi connectivity index (χ1n) is 9.52. The van der Waals surface area contributed by atoms with Gasteiger partial charge in [-0.05, 0) is 37.3 Å². The van der Waals surface area contributed by atoms with E-state index in [0.717, 1.165) is 12.0 Å². The van der Waals surface area contributed by atoms with Crippen molar-refractivity contribution in [2.24, 2.45) is 5.92 Å². The van der Waals surface area contributed by atoms with E-state index < -0.39 is 6.04 Å². The summed E-state index contributed by atoms with van der Waals surface area (Å²) in [7, 11) is 0. The minimum absolute atomic E-state index is 0.0138. The molecule has 3 rings (SSSR count). The van der Waals surface area contributed by atoms with E-state index in [9.17, 15) is 14.4 Å². The number of hydrogen-bond donors (Lipinski definition) is 0. The Bertz CT molecular complexity index is 695. The van der Waals surface area contributed by atoms with Crippen LogP contribution >= 0.6 is 0 Å². The summed E-state index contributed by atoms with van der Waals surface area (Å²) in [6.07, 6.45) is 4.01. The molecule has 0 saturated carbocycles. The van der Waals surface area contributed by atoms with Crippen molar-refractivity contribution in [3.05, 3.63) is 48.6 Å². The average molecular weight is 370 g/mol. The largest absolute Gasteiger partial charge is 0.459 e. The van der Waals surface area contributed by atoms with Crippen LogP contribution in [0.1, 0.15) is 31.2 Å². The zero-order valence-electron chi connectivity index (χ0n) is 15.5. The van der Waals surface area contributed by atoms with Gasteiger partial charge in [-0.15, -0.1) is 0 Å². The van der Waals surface area contributed by atoms with Gasteiger partial charge in [0.25, 0.3) is 0 Å². The Kier molecular flexibility index (Phi) is 6.27. The van der Waals surface area contributed by atoms with E-state index in [4.69, 9.17) is 4.74 Å². The fourth-order valence-corrected chi connectivity index (χ4v) is 3.81. The lowest BCUT2D eigenvalue weighted by Crippen LogP contribution is -2.47. The molecular formula is C21H26N2O4. The third kappa shape index (κ3) is 4.56. The van der Waals surface area contributed by atoms with Gasteiger partial charge in [-0.2, -0.15) is 0 Å². The number of amides is 2. The SMILES string of the molecule is C=CC(=O)N1CCC(C(=O)N2CCCC2C(=O)OCc2ccccc2)CC1. The number of benzene rings is 1. The second-order valence-electron chi connectivity index (χ2n) is 7.09. The molecule has 0 aliphatic carbocycles. The van der Waals surface area contributed by atoms with Crippen LogP contribution < -0.4 is 0 Å². The third-order valence-electron chi connectivity index (χ3n) is 5.36. The summed E-state index contributed by atoms with van der Waals surface area (Å²) in [5.41, 5.74) is 0.931. The number of hydrogen-bond acceptors (Lipinski definition) is 4. The molecule has 1 atom stereocenters. The lowest BCUT2D eigenvalue weighted by Gasteiger charge is -2.34. The molecule has 0 aromatic heterocycles. The minimum atomic E-state index is -0.492. The Balaban J connectivity index is 1.54. The molecule has 0 spiro atoms. The second kappa shape index (κ2) is 8.84. The molecule has 2 fully saturated rings. The van der Waals surface area contributed by atoms with E-state index in [2.05, 4.69) is 6.58 Å². The van der Waals surface area contributed by atoms with Crippen LogP contribution in [0.25, 0.3) is 0 Å². The molecule has 2 heterocycles. The highest BCUT2D eigenvalue weighted by Crippen LogP contribution is 2.26. The average Bonchev–Trinajstić information content (AvgIpc) is 3.21. The molecule has 6 nitrogen and oxygen atoms in total. The Hall–Kier alpha value is -2.63. The molecule has 0 bridgehead atoms. The van der Waals surface area contributed by atoms with Crippen LogP contribution in [-0.4, -0.2) is 53.3 Å². The van der Waals surface area contributed by atoms with Gasteiger partial charge in [0.1, 0.15) is 12.6 Å². The van der Waals surface area contributed by atoms with Crippen molar-refractivity contribution in [3.63, 3.8) is 0 Å². The van der Waals surface area contributed by atoms with Crippen molar-refractivity contribution in [2.75, 3.05) is 19.6 Å². The van der Waals surface area contributed by atoms with E-state index in [1.807, 2.05) is 30.3 Å². The molecule has 27 heavy (non-hydrogen) atoms. The van der Waals surface area contributed by atoms with Crippen molar-refractivity contribution >= 4 is 17.8 Å². The summed E-state index contributed by atoms with van der Waals surface area (Å²) >= 11 is 0. The summed E-state index contributed by atoms with van der Waals surface area (Å²) < 4.78 is 5.45. The molecule has 2 aliphatic rings. The van der Waals surface area contributed by atoms with E-state index in [1.54, 1.807) is 9.80 Å². The monoisotopic (exact) mass is 370 g/mol. The summed E-state index contributed by atoms with van der Waals surface area (Å²) in [6.45, 7) is 5.43. The van der Waals surface area contributed by atoms with Gasteiger partial charge in [0.05, 0.1) is 0 Å². The van der Waals surface area contributed by atoms with Crippen molar-refractivity contribution in [3.8, 4) is 0 Å². The number of esters is 1. The first kappa shape index (κ1) is 19.1. The summed E-state index contributed by atoms with van der Waals surface area (Å²) in [4.78, 5) is 40.5. The second-order valence-corrected chi connectivity index (χ2v) is 7.09. The van der Waals surface area contributed by atoms with Crippen LogP contribution in [0.15, 0.2) is 43.0 Å². The summed E-state index contributed by atoms with van der Waals surface area (Å²) in [5.74, 6) is -0.547. The van der Waals surface area contributed by atoms with Gasteiger partial charge >= 0.3 is 5.97 Å².